The molecule has 0 saturated carbocycles. The largest absolute Gasteiger partial charge is 0.497 e. The Kier molecular flexibility index (Phi) is 7.21. The number of piperidine rings is 1. The average Bonchev–Trinajstić information content (AvgIpc) is 3.31. The van der Waals surface area contributed by atoms with Gasteiger partial charge in [-0.25, -0.2) is 4.98 Å². The molecule has 1 fully saturated rings. The van der Waals surface area contributed by atoms with Crippen molar-refractivity contribution in [3.05, 3.63) is 78.0 Å². The molecule has 1 unspecified atom stereocenters. The number of ether oxygens (including phenoxy) is 1. The summed E-state index contributed by atoms with van der Waals surface area (Å²) in [6.45, 7) is 3.08. The number of hydrogen-bond donors (Lipinski definition) is 2. The van der Waals surface area contributed by atoms with E-state index in [-0.39, 0.29) is 17.7 Å². The van der Waals surface area contributed by atoms with Crippen molar-refractivity contribution in [1.82, 2.24) is 14.9 Å². The Morgan fingerprint density at radius 3 is 2.68 bits per heavy atom. The van der Waals surface area contributed by atoms with Gasteiger partial charge in [0.05, 0.1) is 13.0 Å². The highest BCUT2D eigenvalue weighted by atomic mass is 16.5. The van der Waals surface area contributed by atoms with Crippen molar-refractivity contribution in [2.45, 2.75) is 32.6 Å². The van der Waals surface area contributed by atoms with E-state index in [1.165, 1.54) is 0 Å². The van der Waals surface area contributed by atoms with Gasteiger partial charge in [-0.3, -0.25) is 9.59 Å². The second-order valence-corrected chi connectivity index (χ2v) is 9.64. The third-order valence-corrected chi connectivity index (χ3v) is 7.09. The number of aromatic nitrogens is 2. The van der Waals surface area contributed by atoms with Crippen molar-refractivity contribution in [3.8, 4) is 17.0 Å². The number of aryl methyl sites for hydroxylation is 2. The molecule has 3 heterocycles. The molecule has 0 aliphatic carbocycles. The van der Waals surface area contributed by atoms with Gasteiger partial charge < -0.3 is 19.9 Å². The Hall–Kier alpha value is -4.13. The number of aromatic amines is 1. The van der Waals surface area contributed by atoms with E-state index in [1.54, 1.807) is 19.4 Å². The Morgan fingerprint density at radius 1 is 1.11 bits per heavy atom. The first kappa shape index (κ1) is 24.6. The van der Waals surface area contributed by atoms with Crippen LogP contribution in [-0.4, -0.2) is 46.9 Å². The summed E-state index contributed by atoms with van der Waals surface area (Å²) in [6.07, 6.45) is 4.32. The number of amides is 2. The van der Waals surface area contributed by atoms with Crippen LogP contribution in [-0.2, 0) is 16.0 Å². The number of fused-ring (bicyclic) bond motifs is 1. The quantitative estimate of drug-likeness (QED) is 0.361. The van der Waals surface area contributed by atoms with Crippen LogP contribution in [0.1, 0.15) is 30.4 Å². The van der Waals surface area contributed by atoms with Crippen LogP contribution >= 0.6 is 0 Å². The molecule has 7 heteroatoms. The summed E-state index contributed by atoms with van der Waals surface area (Å²) in [5.74, 6) is 1.12. The minimum atomic E-state index is -0.233. The number of nitrogens with zero attached hydrogens (tertiary/aromatic N) is 2. The SMILES string of the molecule is COc1ccc(-c2[nH]c3ccccc3c2CCC(=O)N2CCCC(C(=O)Nc3ccc(C)cn3)C2)cc1. The fraction of sp³-hybridized carbons (Fsp3) is 0.300. The maximum Gasteiger partial charge on any atom is 0.230 e. The summed E-state index contributed by atoms with van der Waals surface area (Å²) in [7, 11) is 1.66. The first-order chi connectivity index (χ1) is 18.0. The van der Waals surface area contributed by atoms with E-state index in [9.17, 15) is 9.59 Å². The van der Waals surface area contributed by atoms with Gasteiger partial charge in [-0.05, 0) is 79.3 Å². The Balaban J connectivity index is 1.27. The van der Waals surface area contributed by atoms with Crippen LogP contribution in [0.25, 0.3) is 22.2 Å². The lowest BCUT2D eigenvalue weighted by Crippen LogP contribution is -2.43. The molecule has 0 spiro atoms. The number of H-pyrrole nitrogens is 1. The molecule has 37 heavy (non-hydrogen) atoms. The third-order valence-electron chi connectivity index (χ3n) is 7.09. The number of rotatable bonds is 7. The molecule has 1 atom stereocenters. The number of benzene rings is 2. The second-order valence-electron chi connectivity index (χ2n) is 9.64. The standard InChI is InChI=1S/C30H32N4O3/c1-20-9-15-27(31-18-20)33-30(36)22-6-5-17-34(19-22)28(35)16-14-25-24-7-3-4-8-26(24)32-29(25)21-10-12-23(37-2)13-11-21/h3-4,7-13,15,18,22,32H,5-6,14,16-17,19H2,1-2H3,(H,31,33,36). The molecule has 7 nitrogen and oxygen atoms in total. The number of hydrogen-bond acceptors (Lipinski definition) is 4. The minimum Gasteiger partial charge on any atom is -0.497 e. The molecule has 4 aromatic rings. The van der Waals surface area contributed by atoms with E-state index >= 15 is 0 Å². The number of pyridine rings is 1. The molecule has 1 saturated heterocycles. The molecule has 0 radical (unpaired) electrons. The Bertz CT molecular complexity index is 1390. The molecule has 2 amide bonds. The van der Waals surface area contributed by atoms with Crippen LogP contribution in [0.2, 0.25) is 0 Å². The predicted molar refractivity (Wildman–Crippen MR) is 146 cm³/mol. The zero-order valence-corrected chi connectivity index (χ0v) is 21.3. The Labute approximate surface area is 216 Å². The van der Waals surface area contributed by atoms with E-state index in [0.29, 0.717) is 31.7 Å². The first-order valence-corrected chi connectivity index (χ1v) is 12.8. The normalized spacial score (nSPS) is 15.5. The van der Waals surface area contributed by atoms with E-state index < -0.39 is 0 Å². The number of anilines is 1. The van der Waals surface area contributed by atoms with Gasteiger partial charge in [0, 0.05) is 42.3 Å². The molecule has 0 bridgehead atoms. The zero-order chi connectivity index (χ0) is 25.8. The molecule has 190 valence electrons. The van der Waals surface area contributed by atoms with E-state index in [4.69, 9.17) is 4.74 Å². The molecule has 2 aromatic carbocycles. The summed E-state index contributed by atoms with van der Waals surface area (Å²) in [6, 6.07) is 19.9. The van der Waals surface area contributed by atoms with Crippen LogP contribution in [0.5, 0.6) is 5.75 Å². The van der Waals surface area contributed by atoms with Crippen molar-refractivity contribution in [1.29, 1.82) is 0 Å². The maximum absolute atomic E-state index is 13.3. The van der Waals surface area contributed by atoms with Gasteiger partial charge in [-0.15, -0.1) is 0 Å². The number of carbonyl (C=O) groups excluding carboxylic acids is 2. The summed E-state index contributed by atoms with van der Waals surface area (Å²) in [5.41, 5.74) is 5.30. The third kappa shape index (κ3) is 5.50. The summed E-state index contributed by atoms with van der Waals surface area (Å²) < 4.78 is 5.31. The van der Waals surface area contributed by atoms with E-state index in [2.05, 4.69) is 27.4 Å². The number of likely N-dealkylation sites (tertiary alicyclic amines) is 1. The van der Waals surface area contributed by atoms with Gasteiger partial charge in [-0.2, -0.15) is 0 Å². The van der Waals surface area contributed by atoms with Crippen LogP contribution in [0.4, 0.5) is 5.82 Å². The topological polar surface area (TPSA) is 87.3 Å². The van der Waals surface area contributed by atoms with Gasteiger partial charge in [-0.1, -0.05) is 24.3 Å². The van der Waals surface area contributed by atoms with Crippen LogP contribution in [0.3, 0.4) is 0 Å². The molecule has 1 aliphatic heterocycles. The van der Waals surface area contributed by atoms with Gasteiger partial charge in [0.1, 0.15) is 11.6 Å². The lowest BCUT2D eigenvalue weighted by atomic mass is 9.96. The minimum absolute atomic E-state index is 0.0766. The van der Waals surface area contributed by atoms with Crippen molar-refractivity contribution >= 4 is 28.5 Å². The molecule has 2 N–H and O–H groups in total. The van der Waals surface area contributed by atoms with Gasteiger partial charge in [0.15, 0.2) is 0 Å². The van der Waals surface area contributed by atoms with Crippen molar-refractivity contribution in [2.75, 3.05) is 25.5 Å². The smallest absolute Gasteiger partial charge is 0.230 e. The molecule has 5 rings (SSSR count). The van der Waals surface area contributed by atoms with Crippen LogP contribution in [0, 0.1) is 12.8 Å². The van der Waals surface area contributed by atoms with Gasteiger partial charge >= 0.3 is 0 Å². The highest BCUT2D eigenvalue weighted by Crippen LogP contribution is 2.32. The zero-order valence-electron chi connectivity index (χ0n) is 21.3. The van der Waals surface area contributed by atoms with Gasteiger partial charge in [0.2, 0.25) is 11.8 Å². The monoisotopic (exact) mass is 496 g/mol. The van der Waals surface area contributed by atoms with Crippen molar-refractivity contribution in [2.24, 2.45) is 5.92 Å². The molecular formula is C30H32N4O3. The maximum atomic E-state index is 13.3. The van der Waals surface area contributed by atoms with E-state index in [0.717, 1.165) is 51.9 Å². The predicted octanol–water partition coefficient (Wildman–Crippen LogP) is 5.36. The van der Waals surface area contributed by atoms with Crippen molar-refractivity contribution < 1.29 is 14.3 Å². The molecule has 1 aliphatic rings. The molecular weight excluding hydrogens is 464 g/mol. The van der Waals surface area contributed by atoms with Crippen molar-refractivity contribution in [3.63, 3.8) is 0 Å². The lowest BCUT2D eigenvalue weighted by molar-refractivity contribution is -0.134. The fourth-order valence-electron chi connectivity index (χ4n) is 5.04. The lowest BCUT2D eigenvalue weighted by Gasteiger charge is -2.32. The second kappa shape index (κ2) is 10.9. The average molecular weight is 497 g/mol. The van der Waals surface area contributed by atoms with Crippen LogP contribution < -0.4 is 10.1 Å². The fourth-order valence-corrected chi connectivity index (χ4v) is 5.04. The summed E-state index contributed by atoms with van der Waals surface area (Å²) in [5, 5.41) is 4.03. The number of carbonyl (C=O) groups is 2. The van der Waals surface area contributed by atoms with Crippen LogP contribution in [0.15, 0.2) is 66.9 Å². The molecule has 2 aromatic heterocycles. The van der Waals surface area contributed by atoms with E-state index in [1.807, 2.05) is 54.3 Å². The Morgan fingerprint density at radius 2 is 1.92 bits per heavy atom. The first-order valence-electron chi connectivity index (χ1n) is 12.8. The highest BCUT2D eigenvalue weighted by molar-refractivity contribution is 5.93. The number of methoxy groups -OCH3 is 1. The van der Waals surface area contributed by atoms with Gasteiger partial charge in [0.25, 0.3) is 0 Å². The summed E-state index contributed by atoms with van der Waals surface area (Å²) in [4.78, 5) is 35.8. The summed E-state index contributed by atoms with van der Waals surface area (Å²) >= 11 is 0. The number of para-hydroxylation sites is 1. The highest BCUT2D eigenvalue weighted by Gasteiger charge is 2.29. The number of nitrogens with one attached hydrogen (secondary N) is 2.